The standard InChI is InChI=1S/C21H20O4/c1-16-19(14-20(25-16)18-10-6-3-7-11-18)21(22)24-13-12-23-15-17-8-4-2-5-9-17/h2-11,14H,12-13,15H2,1H3. The number of ether oxygens (including phenoxy) is 2. The summed E-state index contributed by atoms with van der Waals surface area (Å²) in [7, 11) is 0. The zero-order chi connectivity index (χ0) is 17.5. The number of hydrogen-bond donors (Lipinski definition) is 0. The third-order valence-electron chi connectivity index (χ3n) is 3.77. The number of hydrogen-bond acceptors (Lipinski definition) is 4. The first-order chi connectivity index (χ1) is 12.2. The van der Waals surface area contributed by atoms with Crippen LogP contribution in [0.1, 0.15) is 21.7 Å². The third kappa shape index (κ3) is 4.58. The summed E-state index contributed by atoms with van der Waals surface area (Å²) in [6, 6.07) is 21.2. The van der Waals surface area contributed by atoms with Crippen LogP contribution in [-0.2, 0) is 16.1 Å². The first kappa shape index (κ1) is 17.0. The van der Waals surface area contributed by atoms with Crippen molar-refractivity contribution in [3.63, 3.8) is 0 Å². The molecule has 0 unspecified atom stereocenters. The van der Waals surface area contributed by atoms with Crippen LogP contribution in [0, 0.1) is 6.92 Å². The first-order valence-corrected chi connectivity index (χ1v) is 8.18. The average molecular weight is 336 g/mol. The molecule has 3 rings (SSSR count). The summed E-state index contributed by atoms with van der Waals surface area (Å²) in [6.45, 7) is 2.82. The molecule has 0 saturated heterocycles. The van der Waals surface area contributed by atoms with Crippen LogP contribution in [0.25, 0.3) is 11.3 Å². The van der Waals surface area contributed by atoms with Gasteiger partial charge in [-0.2, -0.15) is 0 Å². The normalized spacial score (nSPS) is 10.6. The van der Waals surface area contributed by atoms with Crippen LogP contribution in [0.15, 0.2) is 71.1 Å². The second-order valence-electron chi connectivity index (χ2n) is 5.62. The van der Waals surface area contributed by atoms with Crippen LogP contribution in [0.5, 0.6) is 0 Å². The molecule has 0 radical (unpaired) electrons. The smallest absolute Gasteiger partial charge is 0.341 e. The van der Waals surface area contributed by atoms with Crippen molar-refractivity contribution in [2.24, 2.45) is 0 Å². The molecule has 25 heavy (non-hydrogen) atoms. The average Bonchev–Trinajstić information content (AvgIpc) is 3.05. The minimum Gasteiger partial charge on any atom is -0.460 e. The topological polar surface area (TPSA) is 48.7 Å². The molecule has 0 fully saturated rings. The van der Waals surface area contributed by atoms with Crippen LogP contribution in [0.4, 0.5) is 0 Å². The van der Waals surface area contributed by atoms with Crippen molar-refractivity contribution in [1.82, 2.24) is 0 Å². The van der Waals surface area contributed by atoms with Gasteiger partial charge >= 0.3 is 5.97 Å². The molecule has 4 nitrogen and oxygen atoms in total. The zero-order valence-electron chi connectivity index (χ0n) is 14.1. The van der Waals surface area contributed by atoms with E-state index in [2.05, 4.69) is 0 Å². The molecule has 1 heterocycles. The zero-order valence-corrected chi connectivity index (χ0v) is 14.1. The highest BCUT2D eigenvalue weighted by Gasteiger charge is 2.17. The Balaban J connectivity index is 1.49. The second kappa shape index (κ2) is 8.31. The van der Waals surface area contributed by atoms with Gasteiger partial charge in [0.15, 0.2) is 0 Å². The molecule has 0 amide bonds. The molecule has 2 aromatic carbocycles. The van der Waals surface area contributed by atoms with Crippen molar-refractivity contribution in [1.29, 1.82) is 0 Å². The molecule has 128 valence electrons. The first-order valence-electron chi connectivity index (χ1n) is 8.18. The molecule has 0 aliphatic carbocycles. The maximum Gasteiger partial charge on any atom is 0.341 e. The summed E-state index contributed by atoms with van der Waals surface area (Å²) in [5.41, 5.74) is 2.46. The van der Waals surface area contributed by atoms with Crippen LogP contribution in [-0.4, -0.2) is 19.2 Å². The molecule has 0 N–H and O–H groups in total. The van der Waals surface area contributed by atoms with Crippen LogP contribution < -0.4 is 0 Å². The monoisotopic (exact) mass is 336 g/mol. The molecule has 0 saturated carbocycles. The van der Waals surface area contributed by atoms with Gasteiger partial charge in [-0.05, 0) is 18.6 Å². The Morgan fingerprint density at radius 2 is 1.64 bits per heavy atom. The van der Waals surface area contributed by atoms with E-state index in [9.17, 15) is 4.79 Å². The number of rotatable bonds is 7. The maximum atomic E-state index is 12.2. The number of esters is 1. The lowest BCUT2D eigenvalue weighted by Gasteiger charge is -2.05. The summed E-state index contributed by atoms with van der Waals surface area (Å²) < 4.78 is 16.5. The van der Waals surface area contributed by atoms with Crippen molar-refractivity contribution in [3.8, 4) is 11.3 Å². The molecule has 3 aromatic rings. The van der Waals surface area contributed by atoms with E-state index in [0.717, 1.165) is 11.1 Å². The molecule has 1 aromatic heterocycles. The number of benzene rings is 2. The molecule has 0 spiro atoms. The Bertz CT molecular complexity index is 806. The summed E-state index contributed by atoms with van der Waals surface area (Å²) in [6.07, 6.45) is 0. The minimum atomic E-state index is -0.397. The van der Waals surface area contributed by atoms with Gasteiger partial charge < -0.3 is 13.9 Å². The molecular weight excluding hydrogens is 316 g/mol. The summed E-state index contributed by atoms with van der Waals surface area (Å²) in [4.78, 5) is 12.2. The lowest BCUT2D eigenvalue weighted by atomic mass is 10.1. The van der Waals surface area contributed by atoms with E-state index in [4.69, 9.17) is 13.9 Å². The molecule has 4 heteroatoms. The highest BCUT2D eigenvalue weighted by molar-refractivity contribution is 5.91. The van der Waals surface area contributed by atoms with Gasteiger partial charge in [-0.3, -0.25) is 0 Å². The van der Waals surface area contributed by atoms with E-state index in [1.54, 1.807) is 13.0 Å². The van der Waals surface area contributed by atoms with E-state index in [1.807, 2.05) is 60.7 Å². The molecular formula is C21H20O4. The second-order valence-corrected chi connectivity index (χ2v) is 5.62. The number of furan rings is 1. The number of aryl methyl sites for hydroxylation is 1. The van der Waals surface area contributed by atoms with Gasteiger partial charge in [-0.15, -0.1) is 0 Å². The molecule has 0 bridgehead atoms. The van der Waals surface area contributed by atoms with E-state index < -0.39 is 5.97 Å². The lowest BCUT2D eigenvalue weighted by molar-refractivity contribution is 0.0287. The SMILES string of the molecule is Cc1oc(-c2ccccc2)cc1C(=O)OCCOCc1ccccc1. The van der Waals surface area contributed by atoms with Gasteiger partial charge in [0.05, 0.1) is 13.2 Å². The fourth-order valence-corrected chi connectivity index (χ4v) is 2.46. The lowest BCUT2D eigenvalue weighted by Crippen LogP contribution is -2.11. The van der Waals surface area contributed by atoms with Gasteiger partial charge in [-0.25, -0.2) is 4.79 Å². The molecule has 0 aliphatic heterocycles. The Labute approximate surface area is 147 Å². The molecule has 0 aliphatic rings. The maximum absolute atomic E-state index is 12.2. The van der Waals surface area contributed by atoms with E-state index in [1.165, 1.54) is 0 Å². The van der Waals surface area contributed by atoms with E-state index in [-0.39, 0.29) is 6.61 Å². The third-order valence-corrected chi connectivity index (χ3v) is 3.77. The highest BCUT2D eigenvalue weighted by Crippen LogP contribution is 2.25. The fraction of sp³-hybridized carbons (Fsp3) is 0.190. The van der Waals surface area contributed by atoms with Gasteiger partial charge in [-0.1, -0.05) is 60.7 Å². The van der Waals surface area contributed by atoms with Gasteiger partial charge in [0, 0.05) is 5.56 Å². The van der Waals surface area contributed by atoms with Gasteiger partial charge in [0.2, 0.25) is 0 Å². The summed E-state index contributed by atoms with van der Waals surface area (Å²) in [5.74, 6) is 0.811. The predicted molar refractivity (Wildman–Crippen MR) is 95.3 cm³/mol. The number of carbonyl (C=O) groups excluding carboxylic acids is 1. The Morgan fingerprint density at radius 1 is 0.960 bits per heavy atom. The van der Waals surface area contributed by atoms with Gasteiger partial charge in [0.25, 0.3) is 0 Å². The Kier molecular flexibility index (Phi) is 5.65. The van der Waals surface area contributed by atoms with E-state index in [0.29, 0.717) is 30.3 Å². The predicted octanol–water partition coefficient (Wildman–Crippen LogP) is 4.63. The highest BCUT2D eigenvalue weighted by atomic mass is 16.6. The van der Waals surface area contributed by atoms with Crippen molar-refractivity contribution >= 4 is 5.97 Å². The summed E-state index contributed by atoms with van der Waals surface area (Å²) in [5, 5.41) is 0. The molecule has 0 atom stereocenters. The van der Waals surface area contributed by atoms with Crippen molar-refractivity contribution in [3.05, 3.63) is 83.6 Å². The van der Waals surface area contributed by atoms with Crippen LogP contribution >= 0.6 is 0 Å². The van der Waals surface area contributed by atoms with Crippen molar-refractivity contribution < 1.29 is 18.7 Å². The Morgan fingerprint density at radius 3 is 2.36 bits per heavy atom. The quantitative estimate of drug-likeness (QED) is 0.466. The minimum absolute atomic E-state index is 0.205. The van der Waals surface area contributed by atoms with E-state index >= 15 is 0 Å². The van der Waals surface area contributed by atoms with Crippen LogP contribution in [0.3, 0.4) is 0 Å². The number of carbonyl (C=O) groups is 1. The van der Waals surface area contributed by atoms with Gasteiger partial charge in [0.1, 0.15) is 23.7 Å². The summed E-state index contributed by atoms with van der Waals surface area (Å²) >= 11 is 0. The van der Waals surface area contributed by atoms with Crippen molar-refractivity contribution in [2.45, 2.75) is 13.5 Å². The largest absolute Gasteiger partial charge is 0.460 e. The Hall–Kier alpha value is -2.85. The van der Waals surface area contributed by atoms with Crippen LogP contribution in [0.2, 0.25) is 0 Å². The fourth-order valence-electron chi connectivity index (χ4n) is 2.46. The van der Waals surface area contributed by atoms with Crippen molar-refractivity contribution in [2.75, 3.05) is 13.2 Å².